The van der Waals surface area contributed by atoms with Crippen molar-refractivity contribution in [3.8, 4) is 11.5 Å². The van der Waals surface area contributed by atoms with Gasteiger partial charge in [-0.3, -0.25) is 18.5 Å². The number of halogens is 1. The minimum absolute atomic E-state index is 0.0753. The van der Waals surface area contributed by atoms with E-state index in [0.717, 1.165) is 10.1 Å². The minimum Gasteiger partial charge on any atom is -0.497 e. The van der Waals surface area contributed by atoms with Crippen molar-refractivity contribution in [1.82, 2.24) is 18.7 Å². The molecule has 0 unspecified atom stereocenters. The minimum atomic E-state index is -0.493. The summed E-state index contributed by atoms with van der Waals surface area (Å²) in [5.41, 5.74) is 0.853. The Morgan fingerprint density at radius 2 is 1.68 bits per heavy atom. The van der Waals surface area contributed by atoms with E-state index in [0.29, 0.717) is 36.0 Å². The summed E-state index contributed by atoms with van der Waals surface area (Å²) in [5.74, 6) is 1.34. The van der Waals surface area contributed by atoms with Crippen molar-refractivity contribution in [3.63, 3.8) is 0 Å². The van der Waals surface area contributed by atoms with Gasteiger partial charge in [-0.25, -0.2) is 9.18 Å². The molecule has 178 valence electrons. The summed E-state index contributed by atoms with van der Waals surface area (Å²) >= 11 is 0. The van der Waals surface area contributed by atoms with Crippen LogP contribution in [0.1, 0.15) is 11.1 Å². The van der Waals surface area contributed by atoms with Gasteiger partial charge in [0.1, 0.15) is 17.3 Å². The molecule has 0 radical (unpaired) electrons. The molecule has 0 aliphatic carbocycles. The third-order valence-corrected chi connectivity index (χ3v) is 5.74. The molecule has 0 aliphatic heterocycles. The molecular weight excluding hydrogens is 441 g/mol. The number of ether oxygens (including phenoxy) is 2. The Hall–Kier alpha value is -4.08. The van der Waals surface area contributed by atoms with Gasteiger partial charge in [0.05, 0.1) is 20.8 Å². The van der Waals surface area contributed by atoms with E-state index >= 15 is 0 Å². The predicted molar refractivity (Wildman–Crippen MR) is 127 cm³/mol. The number of nitrogens with zero attached hydrogens (tertiary/aromatic N) is 4. The molecule has 2 aromatic heterocycles. The number of aryl methyl sites for hydroxylation is 1. The maximum atomic E-state index is 14.4. The van der Waals surface area contributed by atoms with E-state index in [-0.39, 0.29) is 23.5 Å². The van der Waals surface area contributed by atoms with Crippen molar-refractivity contribution < 1.29 is 13.9 Å². The second-order valence-electron chi connectivity index (χ2n) is 7.89. The molecule has 9 nitrogen and oxygen atoms in total. The zero-order valence-electron chi connectivity index (χ0n) is 19.5. The lowest BCUT2D eigenvalue weighted by Gasteiger charge is -2.12. The highest BCUT2D eigenvalue weighted by Crippen LogP contribution is 2.23. The lowest BCUT2D eigenvalue weighted by molar-refractivity contribution is 0.393. The van der Waals surface area contributed by atoms with E-state index in [9.17, 15) is 14.0 Å². The molecule has 2 heterocycles. The van der Waals surface area contributed by atoms with Gasteiger partial charge in [-0.05, 0) is 30.2 Å². The number of aromatic nitrogens is 4. The lowest BCUT2D eigenvalue weighted by Crippen LogP contribution is -2.37. The first kappa shape index (κ1) is 23.1. The Bertz CT molecular complexity index is 1450. The monoisotopic (exact) mass is 467 g/mol. The largest absolute Gasteiger partial charge is 0.497 e. The van der Waals surface area contributed by atoms with Crippen LogP contribution in [-0.4, -0.2) is 39.4 Å². The predicted octanol–water partition coefficient (Wildman–Crippen LogP) is 2.29. The summed E-state index contributed by atoms with van der Waals surface area (Å²) < 4.78 is 29.0. The molecule has 0 fully saturated rings. The molecule has 34 heavy (non-hydrogen) atoms. The van der Waals surface area contributed by atoms with Crippen LogP contribution in [0.15, 0.2) is 52.1 Å². The normalized spacial score (nSPS) is 11.1. The van der Waals surface area contributed by atoms with Gasteiger partial charge < -0.3 is 14.8 Å². The molecule has 0 aliphatic rings. The summed E-state index contributed by atoms with van der Waals surface area (Å²) in [6.45, 7) is 0.539. The SMILES string of the molecule is COc1cc(CCNc2nc3c(c(=O)n(C)c(=O)n3C)n2Cc2ccccc2F)cc(OC)c1. The number of imidazole rings is 1. The fraction of sp³-hybridized carbons (Fsp3) is 0.292. The number of rotatable bonds is 8. The van der Waals surface area contributed by atoms with Crippen LogP contribution < -0.4 is 26.0 Å². The Morgan fingerprint density at radius 3 is 2.32 bits per heavy atom. The van der Waals surface area contributed by atoms with E-state index in [4.69, 9.17) is 9.47 Å². The first-order valence-electron chi connectivity index (χ1n) is 10.7. The number of hydrogen-bond acceptors (Lipinski definition) is 6. The first-order chi connectivity index (χ1) is 16.3. The fourth-order valence-corrected chi connectivity index (χ4v) is 3.86. The zero-order chi connectivity index (χ0) is 24.4. The molecule has 0 spiro atoms. The first-order valence-corrected chi connectivity index (χ1v) is 10.7. The van der Waals surface area contributed by atoms with Gasteiger partial charge in [0, 0.05) is 32.3 Å². The Labute approximate surface area is 195 Å². The Morgan fingerprint density at radius 1 is 1.00 bits per heavy atom. The van der Waals surface area contributed by atoms with Crippen LogP contribution in [0, 0.1) is 5.82 Å². The van der Waals surface area contributed by atoms with Crippen LogP contribution in [0.5, 0.6) is 11.5 Å². The second-order valence-corrected chi connectivity index (χ2v) is 7.89. The Balaban J connectivity index is 1.72. The maximum Gasteiger partial charge on any atom is 0.332 e. The maximum absolute atomic E-state index is 14.4. The number of fused-ring (bicyclic) bond motifs is 1. The van der Waals surface area contributed by atoms with Crippen molar-refractivity contribution in [2.24, 2.45) is 14.1 Å². The number of methoxy groups -OCH3 is 2. The van der Waals surface area contributed by atoms with E-state index in [2.05, 4.69) is 10.3 Å². The van der Waals surface area contributed by atoms with Gasteiger partial charge in [-0.2, -0.15) is 4.98 Å². The van der Waals surface area contributed by atoms with Gasteiger partial charge in [0.15, 0.2) is 11.2 Å². The lowest BCUT2D eigenvalue weighted by atomic mass is 10.1. The molecule has 2 aromatic carbocycles. The molecule has 0 saturated heterocycles. The summed E-state index contributed by atoms with van der Waals surface area (Å²) in [4.78, 5) is 29.9. The standard InChI is InChI=1S/C24H26FN5O4/c1-28-21-20(22(31)29(2)24(28)32)30(14-16-7-5-6-8-19(16)25)23(27-21)26-10-9-15-11-17(33-3)13-18(12-15)34-4/h5-8,11-13H,9-10,14H2,1-4H3,(H,26,27). The summed E-state index contributed by atoms with van der Waals surface area (Å²) in [7, 11) is 6.14. The summed E-state index contributed by atoms with van der Waals surface area (Å²) in [5, 5.41) is 3.24. The van der Waals surface area contributed by atoms with Crippen molar-refractivity contribution in [2.75, 3.05) is 26.1 Å². The van der Waals surface area contributed by atoms with Crippen LogP contribution >= 0.6 is 0 Å². The summed E-state index contributed by atoms with van der Waals surface area (Å²) in [6, 6.07) is 12.0. The molecular formula is C24H26FN5O4. The van der Waals surface area contributed by atoms with E-state index in [1.807, 2.05) is 12.1 Å². The third kappa shape index (κ3) is 4.26. The van der Waals surface area contributed by atoms with Crippen LogP contribution in [-0.2, 0) is 27.1 Å². The van der Waals surface area contributed by atoms with Crippen molar-refractivity contribution in [1.29, 1.82) is 0 Å². The van der Waals surface area contributed by atoms with Gasteiger partial charge in [-0.1, -0.05) is 18.2 Å². The smallest absolute Gasteiger partial charge is 0.332 e. The molecule has 0 saturated carbocycles. The number of hydrogen-bond donors (Lipinski definition) is 1. The molecule has 0 bridgehead atoms. The average Bonchev–Trinajstić information content (AvgIpc) is 3.20. The molecule has 4 aromatic rings. The molecule has 1 N–H and O–H groups in total. The van der Waals surface area contributed by atoms with E-state index < -0.39 is 11.2 Å². The highest BCUT2D eigenvalue weighted by molar-refractivity contribution is 5.74. The highest BCUT2D eigenvalue weighted by atomic mass is 19.1. The molecule has 0 atom stereocenters. The van der Waals surface area contributed by atoms with Crippen LogP contribution in [0.25, 0.3) is 11.2 Å². The van der Waals surface area contributed by atoms with Crippen LogP contribution in [0.2, 0.25) is 0 Å². The quantitative estimate of drug-likeness (QED) is 0.428. The number of benzene rings is 2. The molecule has 10 heteroatoms. The fourth-order valence-electron chi connectivity index (χ4n) is 3.86. The van der Waals surface area contributed by atoms with E-state index in [1.165, 1.54) is 17.7 Å². The van der Waals surface area contributed by atoms with Gasteiger partial charge in [0.2, 0.25) is 5.95 Å². The zero-order valence-corrected chi connectivity index (χ0v) is 19.5. The van der Waals surface area contributed by atoms with E-state index in [1.54, 1.807) is 50.1 Å². The molecule has 4 rings (SSSR count). The summed E-state index contributed by atoms with van der Waals surface area (Å²) in [6.07, 6.45) is 0.605. The topological polar surface area (TPSA) is 92.3 Å². The third-order valence-electron chi connectivity index (χ3n) is 5.74. The Kier molecular flexibility index (Phi) is 6.40. The van der Waals surface area contributed by atoms with Gasteiger partial charge in [-0.15, -0.1) is 0 Å². The van der Waals surface area contributed by atoms with Gasteiger partial charge in [0.25, 0.3) is 5.56 Å². The number of anilines is 1. The highest BCUT2D eigenvalue weighted by Gasteiger charge is 2.20. The number of nitrogens with one attached hydrogen (secondary N) is 1. The van der Waals surface area contributed by atoms with Crippen LogP contribution in [0.3, 0.4) is 0 Å². The average molecular weight is 468 g/mol. The van der Waals surface area contributed by atoms with Crippen molar-refractivity contribution in [2.45, 2.75) is 13.0 Å². The molecule has 0 amide bonds. The van der Waals surface area contributed by atoms with Crippen LogP contribution in [0.4, 0.5) is 10.3 Å². The second kappa shape index (κ2) is 9.42. The van der Waals surface area contributed by atoms with Crippen molar-refractivity contribution >= 4 is 17.1 Å². The van der Waals surface area contributed by atoms with Gasteiger partial charge >= 0.3 is 5.69 Å². The van der Waals surface area contributed by atoms with Crippen molar-refractivity contribution in [3.05, 3.63) is 80.2 Å².